The first-order chi connectivity index (χ1) is 5.41. The van der Waals surface area contributed by atoms with Crippen LogP contribution >= 0.6 is 0 Å². The van der Waals surface area contributed by atoms with Gasteiger partial charge in [0.25, 0.3) is 0 Å². The standard InChI is InChI=1S/C6H11N3O2S/c1-5(2)9-7-4-6(8-9)12(3,10)11/h4-5H,1-3H3. The molecule has 1 heterocycles. The zero-order valence-corrected chi connectivity index (χ0v) is 8.04. The van der Waals surface area contributed by atoms with Crippen LogP contribution < -0.4 is 0 Å². The van der Waals surface area contributed by atoms with Crippen molar-refractivity contribution in [2.75, 3.05) is 6.26 Å². The summed E-state index contributed by atoms with van der Waals surface area (Å²) in [5.74, 6) is 0. The molecule has 0 atom stereocenters. The normalized spacial score (nSPS) is 12.3. The van der Waals surface area contributed by atoms with E-state index in [-0.39, 0.29) is 11.1 Å². The first-order valence-corrected chi connectivity index (χ1v) is 5.42. The molecule has 0 unspecified atom stereocenters. The lowest BCUT2D eigenvalue weighted by atomic mass is 10.4. The molecular formula is C6H11N3O2S. The summed E-state index contributed by atoms with van der Waals surface area (Å²) in [4.78, 5) is 1.37. The molecule has 0 aliphatic rings. The number of rotatable bonds is 2. The van der Waals surface area contributed by atoms with Gasteiger partial charge in [-0.2, -0.15) is 9.90 Å². The van der Waals surface area contributed by atoms with Crippen molar-refractivity contribution in [1.82, 2.24) is 15.0 Å². The lowest BCUT2D eigenvalue weighted by Crippen LogP contribution is -2.06. The Labute approximate surface area is 71.3 Å². The molecule has 0 fully saturated rings. The van der Waals surface area contributed by atoms with Crippen molar-refractivity contribution in [3.63, 3.8) is 0 Å². The molecule has 0 saturated carbocycles. The van der Waals surface area contributed by atoms with Gasteiger partial charge in [0.2, 0.25) is 0 Å². The maximum absolute atomic E-state index is 11.0. The minimum atomic E-state index is -3.21. The Balaban J connectivity index is 3.09. The monoisotopic (exact) mass is 189 g/mol. The van der Waals surface area contributed by atoms with E-state index in [0.29, 0.717) is 0 Å². The van der Waals surface area contributed by atoms with E-state index >= 15 is 0 Å². The molecule has 0 saturated heterocycles. The van der Waals surface area contributed by atoms with E-state index in [4.69, 9.17) is 0 Å². The lowest BCUT2D eigenvalue weighted by molar-refractivity contribution is 0.458. The van der Waals surface area contributed by atoms with Gasteiger partial charge in [0, 0.05) is 6.26 Å². The Bertz CT molecular complexity index is 366. The van der Waals surface area contributed by atoms with Crippen LogP contribution in [0.15, 0.2) is 11.2 Å². The molecule has 0 bridgehead atoms. The second-order valence-corrected chi connectivity index (χ2v) is 4.83. The van der Waals surface area contributed by atoms with Crippen LogP contribution in [0.4, 0.5) is 0 Å². The van der Waals surface area contributed by atoms with Crippen LogP contribution in [0.2, 0.25) is 0 Å². The fourth-order valence-corrected chi connectivity index (χ4v) is 1.15. The second-order valence-electron chi connectivity index (χ2n) is 2.87. The molecule has 12 heavy (non-hydrogen) atoms. The molecule has 68 valence electrons. The van der Waals surface area contributed by atoms with E-state index in [1.165, 1.54) is 11.0 Å². The summed E-state index contributed by atoms with van der Waals surface area (Å²) in [6.45, 7) is 3.76. The van der Waals surface area contributed by atoms with Crippen LogP contribution in [0.1, 0.15) is 19.9 Å². The topological polar surface area (TPSA) is 64.8 Å². The lowest BCUT2D eigenvalue weighted by Gasteiger charge is -2.00. The Morgan fingerprint density at radius 3 is 2.33 bits per heavy atom. The second kappa shape index (κ2) is 2.85. The number of sulfone groups is 1. The van der Waals surface area contributed by atoms with Gasteiger partial charge < -0.3 is 0 Å². The van der Waals surface area contributed by atoms with Crippen molar-refractivity contribution in [2.24, 2.45) is 0 Å². The fraction of sp³-hybridized carbons (Fsp3) is 0.667. The summed E-state index contributed by atoms with van der Waals surface area (Å²) in [5.41, 5.74) is 0. The molecule has 1 aromatic heterocycles. The van der Waals surface area contributed by atoms with Crippen molar-refractivity contribution in [3.8, 4) is 0 Å². The molecular weight excluding hydrogens is 178 g/mol. The molecule has 1 rings (SSSR count). The van der Waals surface area contributed by atoms with Crippen LogP contribution in [-0.2, 0) is 9.84 Å². The smallest absolute Gasteiger partial charge is 0.197 e. The Morgan fingerprint density at radius 1 is 1.50 bits per heavy atom. The van der Waals surface area contributed by atoms with E-state index in [9.17, 15) is 8.42 Å². The van der Waals surface area contributed by atoms with Crippen molar-refractivity contribution in [3.05, 3.63) is 6.20 Å². The van der Waals surface area contributed by atoms with Gasteiger partial charge >= 0.3 is 0 Å². The van der Waals surface area contributed by atoms with E-state index in [1.54, 1.807) is 0 Å². The third kappa shape index (κ3) is 1.82. The zero-order valence-electron chi connectivity index (χ0n) is 7.22. The summed E-state index contributed by atoms with van der Waals surface area (Å²) in [5, 5.41) is 7.63. The third-order valence-electron chi connectivity index (χ3n) is 1.33. The average Bonchev–Trinajstić information content (AvgIpc) is 2.30. The first-order valence-electron chi connectivity index (χ1n) is 3.53. The highest BCUT2D eigenvalue weighted by Crippen LogP contribution is 2.05. The maximum atomic E-state index is 11.0. The molecule has 1 aromatic rings. The maximum Gasteiger partial charge on any atom is 0.197 e. The highest BCUT2D eigenvalue weighted by molar-refractivity contribution is 7.90. The number of aromatic nitrogens is 3. The van der Waals surface area contributed by atoms with Crippen LogP contribution in [0.25, 0.3) is 0 Å². The average molecular weight is 189 g/mol. The molecule has 5 nitrogen and oxygen atoms in total. The SMILES string of the molecule is CC(C)n1ncc(S(C)(=O)=O)n1. The van der Waals surface area contributed by atoms with Gasteiger partial charge in [-0.25, -0.2) is 8.42 Å². The third-order valence-corrected chi connectivity index (χ3v) is 2.28. The largest absolute Gasteiger partial charge is 0.222 e. The van der Waals surface area contributed by atoms with Crippen molar-refractivity contribution in [1.29, 1.82) is 0 Å². The van der Waals surface area contributed by atoms with Crippen LogP contribution in [0.3, 0.4) is 0 Å². The van der Waals surface area contributed by atoms with Crippen molar-refractivity contribution < 1.29 is 8.42 Å². The van der Waals surface area contributed by atoms with E-state index < -0.39 is 9.84 Å². The highest BCUT2D eigenvalue weighted by atomic mass is 32.2. The summed E-state index contributed by atoms with van der Waals surface area (Å²) in [7, 11) is -3.21. The van der Waals surface area contributed by atoms with Crippen LogP contribution in [0.5, 0.6) is 0 Å². The molecule has 0 aromatic carbocycles. The minimum Gasteiger partial charge on any atom is -0.222 e. The van der Waals surface area contributed by atoms with Gasteiger partial charge in [0.05, 0.1) is 12.2 Å². The molecule has 0 aliphatic carbocycles. The fourth-order valence-electron chi connectivity index (χ4n) is 0.680. The predicted molar refractivity (Wildman–Crippen MR) is 43.5 cm³/mol. The molecule has 0 N–H and O–H groups in total. The van der Waals surface area contributed by atoms with E-state index in [1.807, 2.05) is 13.8 Å². The van der Waals surface area contributed by atoms with Gasteiger partial charge in [-0.15, -0.1) is 5.10 Å². The summed E-state index contributed by atoms with van der Waals surface area (Å²) in [6, 6.07) is 0.0838. The summed E-state index contributed by atoms with van der Waals surface area (Å²) < 4.78 is 21.9. The molecule has 0 amide bonds. The van der Waals surface area contributed by atoms with E-state index in [0.717, 1.165) is 6.26 Å². The number of hydrogen-bond donors (Lipinski definition) is 0. The first kappa shape index (κ1) is 9.18. The zero-order chi connectivity index (χ0) is 9.35. The predicted octanol–water partition coefficient (Wildman–Crippen LogP) is 0.262. The molecule has 0 spiro atoms. The summed E-state index contributed by atoms with van der Waals surface area (Å²) in [6.07, 6.45) is 2.37. The van der Waals surface area contributed by atoms with Gasteiger partial charge in [0.15, 0.2) is 14.9 Å². The van der Waals surface area contributed by atoms with E-state index in [2.05, 4.69) is 10.2 Å². The quantitative estimate of drug-likeness (QED) is 0.669. The molecule has 0 radical (unpaired) electrons. The number of hydrogen-bond acceptors (Lipinski definition) is 4. The van der Waals surface area contributed by atoms with Gasteiger partial charge in [0.1, 0.15) is 0 Å². The van der Waals surface area contributed by atoms with Gasteiger partial charge in [-0.3, -0.25) is 0 Å². The summed E-state index contributed by atoms with van der Waals surface area (Å²) >= 11 is 0. The van der Waals surface area contributed by atoms with Crippen molar-refractivity contribution in [2.45, 2.75) is 24.9 Å². The molecule has 6 heteroatoms. The van der Waals surface area contributed by atoms with Gasteiger partial charge in [-0.1, -0.05) is 0 Å². The van der Waals surface area contributed by atoms with Crippen LogP contribution in [0, 0.1) is 0 Å². The highest BCUT2D eigenvalue weighted by Gasteiger charge is 2.12. The van der Waals surface area contributed by atoms with Crippen LogP contribution in [-0.4, -0.2) is 29.7 Å². The van der Waals surface area contributed by atoms with Gasteiger partial charge in [-0.05, 0) is 13.8 Å². The Morgan fingerprint density at radius 2 is 2.08 bits per heavy atom. The minimum absolute atomic E-state index is 0.0243. The number of nitrogens with zero attached hydrogens (tertiary/aromatic N) is 3. The Kier molecular flexibility index (Phi) is 2.18. The molecule has 0 aliphatic heterocycles. The Hall–Kier alpha value is -0.910. The van der Waals surface area contributed by atoms with Crippen molar-refractivity contribution >= 4 is 9.84 Å².